The van der Waals surface area contributed by atoms with Crippen LogP contribution in [-0.4, -0.2) is 30.9 Å². The Bertz CT molecular complexity index is 879. The standard InChI is InChI=1S/C20H18Cl2N2O4/c21-15-4-3-5-16(22)19(15)23-17(25)12-28-20(27)13-7-9-14(10-8-13)24-11-2-1-6-18(24)26/h3-5,7-10H,1-2,6,11-12H2,(H,23,25). The Balaban J connectivity index is 1.56. The van der Waals surface area contributed by atoms with E-state index in [4.69, 9.17) is 27.9 Å². The van der Waals surface area contributed by atoms with Crippen molar-refractivity contribution in [3.63, 3.8) is 0 Å². The van der Waals surface area contributed by atoms with E-state index in [0.717, 1.165) is 18.5 Å². The number of ether oxygens (including phenoxy) is 1. The molecule has 0 saturated carbocycles. The zero-order valence-corrected chi connectivity index (χ0v) is 16.4. The monoisotopic (exact) mass is 420 g/mol. The van der Waals surface area contributed by atoms with Gasteiger partial charge in [-0.3, -0.25) is 9.59 Å². The van der Waals surface area contributed by atoms with Gasteiger partial charge in [-0.1, -0.05) is 29.3 Å². The molecule has 8 heteroatoms. The number of hydrogen-bond donors (Lipinski definition) is 1. The molecule has 0 radical (unpaired) electrons. The van der Waals surface area contributed by atoms with Crippen molar-refractivity contribution in [3.05, 3.63) is 58.1 Å². The number of nitrogens with one attached hydrogen (secondary N) is 1. The molecule has 1 heterocycles. The van der Waals surface area contributed by atoms with Gasteiger partial charge in [0.15, 0.2) is 6.61 Å². The van der Waals surface area contributed by atoms with E-state index in [-0.39, 0.29) is 27.2 Å². The van der Waals surface area contributed by atoms with Crippen molar-refractivity contribution in [2.45, 2.75) is 19.3 Å². The summed E-state index contributed by atoms with van der Waals surface area (Å²) in [6, 6.07) is 11.4. The zero-order chi connectivity index (χ0) is 20.1. The molecule has 0 aliphatic carbocycles. The number of carbonyl (C=O) groups is 3. The Morgan fingerprint density at radius 1 is 1.04 bits per heavy atom. The van der Waals surface area contributed by atoms with Crippen molar-refractivity contribution >= 4 is 52.4 Å². The first-order valence-electron chi connectivity index (χ1n) is 8.77. The van der Waals surface area contributed by atoms with Gasteiger partial charge in [0.25, 0.3) is 5.91 Å². The molecule has 0 unspecified atom stereocenters. The van der Waals surface area contributed by atoms with Crippen LogP contribution in [0.1, 0.15) is 29.6 Å². The third-order valence-corrected chi connectivity index (χ3v) is 4.93. The van der Waals surface area contributed by atoms with Gasteiger partial charge in [0.1, 0.15) is 0 Å². The van der Waals surface area contributed by atoms with Gasteiger partial charge in [0.2, 0.25) is 5.91 Å². The molecule has 3 rings (SSSR count). The topological polar surface area (TPSA) is 75.7 Å². The lowest BCUT2D eigenvalue weighted by Crippen LogP contribution is -2.35. The molecule has 1 fully saturated rings. The summed E-state index contributed by atoms with van der Waals surface area (Å²) in [5.41, 5.74) is 1.30. The minimum absolute atomic E-state index is 0.0801. The number of piperidine rings is 1. The van der Waals surface area contributed by atoms with Gasteiger partial charge in [0, 0.05) is 18.7 Å². The van der Waals surface area contributed by atoms with E-state index in [0.29, 0.717) is 13.0 Å². The van der Waals surface area contributed by atoms with E-state index in [1.165, 1.54) is 0 Å². The molecule has 28 heavy (non-hydrogen) atoms. The lowest BCUT2D eigenvalue weighted by atomic mass is 10.1. The lowest BCUT2D eigenvalue weighted by molar-refractivity contribution is -0.120. The largest absolute Gasteiger partial charge is 0.452 e. The highest BCUT2D eigenvalue weighted by Gasteiger charge is 2.20. The van der Waals surface area contributed by atoms with Crippen LogP contribution in [0.2, 0.25) is 10.0 Å². The third kappa shape index (κ3) is 4.82. The molecule has 2 aromatic carbocycles. The van der Waals surface area contributed by atoms with Crippen molar-refractivity contribution in [1.29, 1.82) is 0 Å². The molecule has 0 spiro atoms. The molecule has 1 N–H and O–H groups in total. The van der Waals surface area contributed by atoms with Crippen LogP contribution in [0.25, 0.3) is 0 Å². The molecule has 0 atom stereocenters. The van der Waals surface area contributed by atoms with Crippen molar-refractivity contribution < 1.29 is 19.1 Å². The van der Waals surface area contributed by atoms with Crippen molar-refractivity contribution in [1.82, 2.24) is 0 Å². The van der Waals surface area contributed by atoms with Crippen LogP contribution in [0.5, 0.6) is 0 Å². The summed E-state index contributed by atoms with van der Waals surface area (Å²) in [6.45, 7) is 0.195. The van der Waals surface area contributed by atoms with Crippen molar-refractivity contribution in [2.75, 3.05) is 23.4 Å². The molecule has 2 aromatic rings. The number of rotatable bonds is 5. The smallest absolute Gasteiger partial charge is 0.338 e. The van der Waals surface area contributed by atoms with E-state index in [1.54, 1.807) is 47.4 Å². The fourth-order valence-corrected chi connectivity index (χ4v) is 3.36. The molecule has 0 aromatic heterocycles. The molecule has 1 aliphatic heterocycles. The molecular formula is C20H18Cl2N2O4. The van der Waals surface area contributed by atoms with Gasteiger partial charge in [0.05, 0.1) is 21.3 Å². The zero-order valence-electron chi connectivity index (χ0n) is 14.9. The Morgan fingerprint density at radius 3 is 2.36 bits per heavy atom. The van der Waals surface area contributed by atoms with Gasteiger partial charge in [-0.05, 0) is 49.2 Å². The van der Waals surface area contributed by atoms with E-state index in [1.807, 2.05) is 0 Å². The fourth-order valence-electron chi connectivity index (χ4n) is 2.86. The van der Waals surface area contributed by atoms with E-state index >= 15 is 0 Å². The van der Waals surface area contributed by atoms with E-state index in [2.05, 4.69) is 5.32 Å². The number of halogens is 2. The van der Waals surface area contributed by atoms with Crippen molar-refractivity contribution in [2.24, 2.45) is 0 Å². The maximum atomic E-state index is 12.2. The fraction of sp³-hybridized carbons (Fsp3) is 0.250. The molecule has 146 valence electrons. The number of nitrogens with zero attached hydrogens (tertiary/aromatic N) is 1. The molecule has 1 aliphatic rings. The molecule has 1 saturated heterocycles. The number of para-hydroxylation sites is 1. The Labute approximate surface area is 172 Å². The highest BCUT2D eigenvalue weighted by atomic mass is 35.5. The summed E-state index contributed by atoms with van der Waals surface area (Å²) in [5, 5.41) is 3.09. The number of hydrogen-bond acceptors (Lipinski definition) is 4. The van der Waals surface area contributed by atoms with Crippen LogP contribution in [0.3, 0.4) is 0 Å². The second-order valence-corrected chi connectivity index (χ2v) is 7.08. The second kappa shape index (κ2) is 9.08. The Kier molecular flexibility index (Phi) is 6.54. The summed E-state index contributed by atoms with van der Waals surface area (Å²) in [7, 11) is 0. The number of esters is 1. The first-order chi connectivity index (χ1) is 13.5. The van der Waals surface area contributed by atoms with Crippen molar-refractivity contribution in [3.8, 4) is 0 Å². The minimum Gasteiger partial charge on any atom is -0.452 e. The predicted molar refractivity (Wildman–Crippen MR) is 108 cm³/mol. The van der Waals surface area contributed by atoms with Gasteiger partial charge in [-0.15, -0.1) is 0 Å². The number of benzene rings is 2. The molecule has 6 nitrogen and oxygen atoms in total. The maximum Gasteiger partial charge on any atom is 0.338 e. The van der Waals surface area contributed by atoms with Crippen LogP contribution in [0, 0.1) is 0 Å². The average Bonchev–Trinajstić information content (AvgIpc) is 2.69. The Morgan fingerprint density at radius 2 is 1.71 bits per heavy atom. The maximum absolute atomic E-state index is 12.2. The first kappa shape index (κ1) is 20.2. The van der Waals surface area contributed by atoms with E-state index in [9.17, 15) is 14.4 Å². The highest BCUT2D eigenvalue weighted by molar-refractivity contribution is 6.39. The quantitative estimate of drug-likeness (QED) is 0.731. The first-order valence-corrected chi connectivity index (χ1v) is 9.52. The normalized spacial score (nSPS) is 13.9. The number of amides is 2. The SMILES string of the molecule is O=C(COC(=O)c1ccc(N2CCCCC2=O)cc1)Nc1c(Cl)cccc1Cl. The highest BCUT2D eigenvalue weighted by Crippen LogP contribution is 2.29. The number of carbonyl (C=O) groups excluding carboxylic acids is 3. The summed E-state index contributed by atoms with van der Waals surface area (Å²) >= 11 is 12.0. The summed E-state index contributed by atoms with van der Waals surface area (Å²) in [6.07, 6.45) is 2.40. The van der Waals surface area contributed by atoms with E-state index < -0.39 is 18.5 Å². The Hall–Kier alpha value is -2.57. The van der Waals surface area contributed by atoms with Crippen LogP contribution in [0.15, 0.2) is 42.5 Å². The third-order valence-electron chi connectivity index (χ3n) is 4.30. The molecular weight excluding hydrogens is 403 g/mol. The molecule has 2 amide bonds. The van der Waals surface area contributed by atoms with Crippen LogP contribution >= 0.6 is 23.2 Å². The van der Waals surface area contributed by atoms with Gasteiger partial charge >= 0.3 is 5.97 Å². The summed E-state index contributed by atoms with van der Waals surface area (Å²) in [5.74, 6) is -1.12. The number of anilines is 2. The van der Waals surface area contributed by atoms with Crippen LogP contribution in [-0.2, 0) is 14.3 Å². The molecule has 0 bridgehead atoms. The van der Waals surface area contributed by atoms with Crippen LogP contribution < -0.4 is 10.2 Å². The second-order valence-electron chi connectivity index (χ2n) is 6.27. The summed E-state index contributed by atoms with van der Waals surface area (Å²) in [4.78, 5) is 37.8. The summed E-state index contributed by atoms with van der Waals surface area (Å²) < 4.78 is 5.03. The lowest BCUT2D eigenvalue weighted by Gasteiger charge is -2.26. The average molecular weight is 421 g/mol. The predicted octanol–water partition coefficient (Wildman–Crippen LogP) is 4.31. The van der Waals surface area contributed by atoms with Gasteiger partial charge in [-0.25, -0.2) is 4.79 Å². The van der Waals surface area contributed by atoms with Gasteiger partial charge in [-0.2, -0.15) is 0 Å². The van der Waals surface area contributed by atoms with Crippen LogP contribution in [0.4, 0.5) is 11.4 Å². The van der Waals surface area contributed by atoms with Gasteiger partial charge < -0.3 is 15.0 Å². The minimum atomic E-state index is -0.642.